The van der Waals surface area contributed by atoms with Crippen LogP contribution in [0.25, 0.3) is 11.1 Å². The van der Waals surface area contributed by atoms with Crippen molar-refractivity contribution in [2.75, 3.05) is 16.9 Å². The third-order valence-electron chi connectivity index (χ3n) is 8.12. The molecule has 0 spiro atoms. The van der Waals surface area contributed by atoms with Crippen LogP contribution in [-0.2, 0) is 16.1 Å². The lowest BCUT2D eigenvalue weighted by Crippen LogP contribution is -2.36. The van der Waals surface area contributed by atoms with Crippen LogP contribution in [0.15, 0.2) is 54.6 Å². The number of ether oxygens (including phenoxy) is 1. The highest BCUT2D eigenvalue weighted by Crippen LogP contribution is 2.42. The molecule has 0 aliphatic carbocycles. The van der Waals surface area contributed by atoms with Crippen LogP contribution in [0.4, 0.5) is 17.1 Å². The maximum absolute atomic E-state index is 13.4. The normalized spacial score (nSPS) is 12.6. The van der Waals surface area contributed by atoms with Crippen molar-refractivity contribution in [1.82, 2.24) is 4.83 Å². The minimum absolute atomic E-state index is 0.177. The number of carbonyl (C=O) groups excluding carboxylic acids is 1. The number of nitrogens with zero attached hydrogens (tertiary/aromatic N) is 1. The van der Waals surface area contributed by atoms with Gasteiger partial charge in [0.2, 0.25) is 5.91 Å². The van der Waals surface area contributed by atoms with E-state index in [9.17, 15) is 13.6 Å². The van der Waals surface area contributed by atoms with Crippen LogP contribution >= 0.6 is 0 Å². The van der Waals surface area contributed by atoms with Crippen molar-refractivity contribution in [2.45, 2.75) is 113 Å². The van der Waals surface area contributed by atoms with Gasteiger partial charge in [-0.1, -0.05) is 107 Å². The molecule has 0 aliphatic rings. The molecule has 252 valence electrons. The summed E-state index contributed by atoms with van der Waals surface area (Å²) in [4.78, 5) is 16.0. The van der Waals surface area contributed by atoms with Crippen molar-refractivity contribution in [2.24, 2.45) is 5.41 Å². The van der Waals surface area contributed by atoms with Crippen LogP contribution in [0.5, 0.6) is 5.75 Å². The van der Waals surface area contributed by atoms with Crippen LogP contribution < -0.4 is 19.9 Å². The van der Waals surface area contributed by atoms with Crippen LogP contribution in [0, 0.1) is 5.41 Å². The first-order valence-electron chi connectivity index (χ1n) is 16.7. The lowest BCUT2D eigenvalue weighted by Gasteiger charge is -2.30. The van der Waals surface area contributed by atoms with Crippen LogP contribution in [0.3, 0.4) is 0 Å². The molecule has 1 atom stereocenters. The van der Waals surface area contributed by atoms with Gasteiger partial charge >= 0.3 is 0 Å². The average Bonchev–Trinajstić information content (AvgIpc) is 2.99. The first kappa shape index (κ1) is 37.3. The van der Waals surface area contributed by atoms with E-state index in [1.54, 1.807) is 0 Å². The number of nitrogens with one attached hydrogen (secondary N) is 2. The van der Waals surface area contributed by atoms with Crippen LogP contribution in [0.1, 0.15) is 129 Å². The molecule has 3 rings (SSSR count). The molecule has 3 aromatic carbocycles. The topological polar surface area (TPSA) is 93.7 Å². The van der Waals surface area contributed by atoms with Gasteiger partial charge in [-0.15, -0.1) is 0 Å². The largest absolute Gasteiger partial charge is 0.759 e. The molecule has 0 radical (unpaired) electrons. The molecule has 1 unspecified atom stereocenters. The highest BCUT2D eigenvalue weighted by Gasteiger charge is 2.26. The quantitative estimate of drug-likeness (QED) is 0.0972. The minimum atomic E-state index is -2.63. The summed E-state index contributed by atoms with van der Waals surface area (Å²) in [6, 6.07) is 17.7. The van der Waals surface area contributed by atoms with E-state index in [2.05, 4.69) is 70.7 Å². The fourth-order valence-corrected chi connectivity index (χ4v) is 5.66. The number of hydrogen-bond donors (Lipinski definition) is 2. The highest BCUT2D eigenvalue weighted by atomic mass is 32.2. The van der Waals surface area contributed by atoms with Gasteiger partial charge in [0.05, 0.1) is 23.7 Å². The average molecular weight is 649 g/mol. The molecule has 0 saturated heterocycles. The number of benzene rings is 3. The van der Waals surface area contributed by atoms with Crippen molar-refractivity contribution in [3.8, 4) is 16.9 Å². The number of unbranched alkanes of at least 4 members (excludes halogenated alkanes) is 3. The monoisotopic (exact) mass is 648 g/mol. The van der Waals surface area contributed by atoms with E-state index in [0.29, 0.717) is 35.3 Å². The predicted molar refractivity (Wildman–Crippen MR) is 193 cm³/mol. The molecule has 8 heteroatoms. The van der Waals surface area contributed by atoms with E-state index in [1.807, 2.05) is 63.2 Å². The van der Waals surface area contributed by atoms with Gasteiger partial charge in [-0.05, 0) is 88.4 Å². The molecular formula is C38H54N3O4S-. The van der Waals surface area contributed by atoms with E-state index in [0.717, 1.165) is 24.0 Å². The summed E-state index contributed by atoms with van der Waals surface area (Å²) in [5.41, 5.74) is 6.82. The van der Waals surface area contributed by atoms with E-state index in [4.69, 9.17) is 4.74 Å². The Bertz CT molecular complexity index is 1450. The van der Waals surface area contributed by atoms with E-state index in [-0.39, 0.29) is 17.7 Å². The van der Waals surface area contributed by atoms with Gasteiger partial charge in [-0.2, -0.15) is 4.83 Å². The predicted octanol–water partition coefficient (Wildman–Crippen LogP) is 10.1. The summed E-state index contributed by atoms with van der Waals surface area (Å²) in [6.45, 7) is 21.6. The fraction of sp³-hybridized carbons (Fsp3) is 0.500. The van der Waals surface area contributed by atoms with Crippen molar-refractivity contribution in [3.63, 3.8) is 0 Å². The Hall–Kier alpha value is -3.20. The maximum Gasteiger partial charge on any atom is 0.229 e. The van der Waals surface area contributed by atoms with Crippen LogP contribution in [-0.4, -0.2) is 21.3 Å². The lowest BCUT2D eigenvalue weighted by atomic mass is 9.81. The summed E-state index contributed by atoms with van der Waals surface area (Å²) in [7, 11) is 0. The number of amides is 1. The second-order valence-electron chi connectivity index (χ2n) is 14.0. The van der Waals surface area contributed by atoms with Gasteiger partial charge in [0, 0.05) is 16.7 Å². The summed E-state index contributed by atoms with van der Waals surface area (Å²) in [5, 5.41) is 4.60. The van der Waals surface area contributed by atoms with Gasteiger partial charge < -0.3 is 14.6 Å². The molecule has 2 N–H and O–H groups in total. The number of hydrazine groups is 1. The molecule has 0 aliphatic heterocycles. The van der Waals surface area contributed by atoms with Crippen molar-refractivity contribution < 1.29 is 18.3 Å². The Kier molecular flexibility index (Phi) is 13.4. The first-order valence-corrected chi connectivity index (χ1v) is 17.7. The molecule has 1 amide bonds. The molecular weight excluding hydrogens is 595 g/mol. The third kappa shape index (κ3) is 9.90. The van der Waals surface area contributed by atoms with Gasteiger partial charge in [-0.25, -0.2) is 0 Å². The maximum atomic E-state index is 13.4. The molecule has 0 aromatic heterocycles. The third-order valence-corrected chi connectivity index (χ3v) is 8.45. The SMILES string of the molecule is CCCCCCOc1ccc(N(NS(=O)[O-])c2ccc(-c3c(C(C)C)cc(C(C)C)cc3C(C)C)cc2NC(=O)C(C)(C)C)cc1. The Morgan fingerprint density at radius 2 is 1.48 bits per heavy atom. The minimum Gasteiger partial charge on any atom is -0.759 e. The second-order valence-corrected chi connectivity index (χ2v) is 14.7. The van der Waals surface area contributed by atoms with Crippen molar-refractivity contribution >= 4 is 34.2 Å². The number of rotatable bonds is 15. The molecule has 3 aromatic rings. The van der Waals surface area contributed by atoms with Crippen molar-refractivity contribution in [1.29, 1.82) is 0 Å². The Labute approximate surface area is 279 Å². The Morgan fingerprint density at radius 3 is 1.98 bits per heavy atom. The molecule has 0 bridgehead atoms. The number of carbonyl (C=O) groups is 1. The van der Waals surface area contributed by atoms with Gasteiger partial charge in [0.25, 0.3) is 0 Å². The molecule has 46 heavy (non-hydrogen) atoms. The van der Waals surface area contributed by atoms with Gasteiger partial charge in [0.1, 0.15) is 5.75 Å². The van der Waals surface area contributed by atoms with E-state index >= 15 is 0 Å². The van der Waals surface area contributed by atoms with Gasteiger partial charge in [-0.3, -0.25) is 14.0 Å². The fourth-order valence-electron chi connectivity index (χ4n) is 5.31. The molecule has 0 saturated carbocycles. The van der Waals surface area contributed by atoms with E-state index in [1.165, 1.54) is 34.5 Å². The standard InChI is InChI=1S/C38H55N3O4S/c1-11-12-13-14-21-45-31-18-16-30(17-19-31)41(40-46(43)44)35-20-15-28(24-34(35)39-37(42)38(8,9)10)36-32(26(4)5)22-29(25(2)3)23-33(36)27(6)7/h15-20,22-27,40H,11-14,21H2,1-10H3,(H,39,42)(H,43,44)/p-1. The Balaban J connectivity index is 2.18. The number of anilines is 3. The summed E-state index contributed by atoms with van der Waals surface area (Å²) >= 11 is -2.63. The lowest BCUT2D eigenvalue weighted by molar-refractivity contribution is -0.123. The number of hydrogen-bond acceptors (Lipinski definition) is 5. The van der Waals surface area contributed by atoms with Crippen LogP contribution in [0.2, 0.25) is 0 Å². The van der Waals surface area contributed by atoms with Gasteiger partial charge in [0.15, 0.2) is 0 Å². The summed E-state index contributed by atoms with van der Waals surface area (Å²) < 4.78 is 30.1. The smallest absolute Gasteiger partial charge is 0.229 e. The second kappa shape index (κ2) is 16.6. The summed E-state index contributed by atoms with van der Waals surface area (Å²) in [6.07, 6.45) is 4.46. The molecule has 0 heterocycles. The zero-order valence-electron chi connectivity index (χ0n) is 29.5. The molecule has 0 fully saturated rings. The molecule has 7 nitrogen and oxygen atoms in total. The zero-order chi connectivity index (χ0) is 34.2. The summed E-state index contributed by atoms with van der Waals surface area (Å²) in [5.74, 6) is 1.47. The Morgan fingerprint density at radius 1 is 0.870 bits per heavy atom. The zero-order valence-corrected chi connectivity index (χ0v) is 30.3. The van der Waals surface area contributed by atoms with Crippen molar-refractivity contribution in [3.05, 3.63) is 71.3 Å². The first-order chi connectivity index (χ1) is 21.6. The van der Waals surface area contributed by atoms with E-state index < -0.39 is 16.7 Å². The highest BCUT2D eigenvalue weighted by molar-refractivity contribution is 7.77.